The summed E-state index contributed by atoms with van der Waals surface area (Å²) in [6, 6.07) is 1.24. The van der Waals surface area contributed by atoms with Crippen LogP contribution in [0.25, 0.3) is 0 Å². The second-order valence-corrected chi connectivity index (χ2v) is 9.44. The van der Waals surface area contributed by atoms with E-state index in [0.717, 1.165) is 6.42 Å². The quantitative estimate of drug-likeness (QED) is 0.503. The van der Waals surface area contributed by atoms with Crippen molar-refractivity contribution in [2.24, 2.45) is 0 Å². The van der Waals surface area contributed by atoms with E-state index in [1.807, 2.05) is 7.11 Å². The Morgan fingerprint density at radius 2 is 2.00 bits per heavy atom. The van der Waals surface area contributed by atoms with Crippen molar-refractivity contribution in [2.75, 3.05) is 7.11 Å². The average Bonchev–Trinajstić information content (AvgIpc) is 2.48. The molecule has 0 fully saturated rings. The molecule has 1 aliphatic rings. The van der Waals surface area contributed by atoms with Crippen molar-refractivity contribution in [3.05, 3.63) is 21.6 Å². The van der Waals surface area contributed by atoms with E-state index in [-0.39, 0.29) is 24.8 Å². The van der Waals surface area contributed by atoms with Gasteiger partial charge in [-0.15, -0.1) is 0 Å². The van der Waals surface area contributed by atoms with Crippen LogP contribution in [0, 0.1) is 0 Å². The number of rotatable bonds is 4. The van der Waals surface area contributed by atoms with Crippen molar-refractivity contribution < 1.29 is 49.7 Å². The molecule has 0 aliphatic heterocycles. The Morgan fingerprint density at radius 1 is 1.40 bits per heavy atom. The predicted molar refractivity (Wildman–Crippen MR) is 54.7 cm³/mol. The molecule has 0 aromatic rings. The minimum Gasteiger partial charge on any atom is -1.00 e. The zero-order valence-corrected chi connectivity index (χ0v) is 13.5. The third-order valence-corrected chi connectivity index (χ3v) is 5.96. The van der Waals surface area contributed by atoms with Gasteiger partial charge in [0.15, 0.2) is 0 Å². The van der Waals surface area contributed by atoms with Gasteiger partial charge in [-0.2, -0.15) is 0 Å². The zero-order valence-electron chi connectivity index (χ0n) is 9.44. The van der Waals surface area contributed by atoms with Crippen LogP contribution in [0.5, 0.6) is 0 Å². The van der Waals surface area contributed by atoms with Crippen molar-refractivity contribution in [1.29, 1.82) is 0 Å². The molecular weight excluding hydrogens is 283 g/mol. The van der Waals surface area contributed by atoms with Crippen LogP contribution < -0.4 is 24.8 Å². The van der Waals surface area contributed by atoms with Crippen molar-refractivity contribution in [2.45, 2.75) is 32.0 Å². The molecule has 0 aromatic carbocycles. The first-order valence-corrected chi connectivity index (χ1v) is 8.60. The summed E-state index contributed by atoms with van der Waals surface area (Å²) in [6.07, 6.45) is 6.89. The first kappa shape index (κ1) is 18.3. The third-order valence-electron chi connectivity index (χ3n) is 2.58. The number of halogens is 2. The first-order chi connectivity index (χ1) is 6.05. The standard InChI is InChI=1S/C10H17OSi.2ClH.Ti/c1-11-12(2,3)9-8-10-6-4-5-7-10;;;/h4,6H,5,8-9H2,1-3H3;2*1H;/q;;;+2/p-2. The summed E-state index contributed by atoms with van der Waals surface area (Å²) in [7, 11) is 0.503. The molecular formula is C10H17Cl2OSiTi. The summed E-state index contributed by atoms with van der Waals surface area (Å²) >= 11 is 2.23. The van der Waals surface area contributed by atoms with Gasteiger partial charge in [0.2, 0.25) is 0 Å². The van der Waals surface area contributed by atoms with Crippen LogP contribution in [0.3, 0.4) is 0 Å². The van der Waals surface area contributed by atoms with Gasteiger partial charge in [-0.05, 0) is 0 Å². The van der Waals surface area contributed by atoms with Crippen LogP contribution >= 0.6 is 0 Å². The fourth-order valence-electron chi connectivity index (χ4n) is 1.32. The van der Waals surface area contributed by atoms with E-state index in [1.54, 1.807) is 3.88 Å². The summed E-state index contributed by atoms with van der Waals surface area (Å²) in [5, 5.41) is 0. The first-order valence-electron chi connectivity index (χ1n) is 4.70. The van der Waals surface area contributed by atoms with Gasteiger partial charge in [-0.25, -0.2) is 0 Å². The smallest absolute Gasteiger partial charge is 1.00 e. The molecule has 1 aliphatic carbocycles. The van der Waals surface area contributed by atoms with E-state index in [4.69, 9.17) is 4.43 Å². The Morgan fingerprint density at radius 3 is 2.40 bits per heavy atom. The second-order valence-electron chi connectivity index (χ2n) is 4.07. The zero-order chi connectivity index (χ0) is 9.90. The van der Waals surface area contributed by atoms with Crippen molar-refractivity contribution in [3.8, 4) is 0 Å². The number of hydrogen-bond acceptors (Lipinski definition) is 1. The van der Waals surface area contributed by atoms with Crippen LogP contribution in [-0.2, 0) is 24.9 Å². The molecule has 0 heterocycles. The SMILES string of the molecule is CO[Si](C)(C)CCC1=[C]([Ti+2])CC=C1.[Cl-].[Cl-]. The Labute approximate surface area is 118 Å². The van der Waals surface area contributed by atoms with Crippen LogP contribution in [0.2, 0.25) is 19.1 Å². The van der Waals surface area contributed by atoms with Crippen molar-refractivity contribution in [1.82, 2.24) is 0 Å². The monoisotopic (exact) mass is 299 g/mol. The maximum Gasteiger partial charge on any atom is -1.00 e. The Bertz CT molecular complexity index is 252. The van der Waals surface area contributed by atoms with Gasteiger partial charge in [0.05, 0.1) is 0 Å². The van der Waals surface area contributed by atoms with Crippen molar-refractivity contribution in [3.63, 3.8) is 0 Å². The molecule has 15 heavy (non-hydrogen) atoms. The van der Waals surface area contributed by atoms with Crippen LogP contribution in [0.15, 0.2) is 21.6 Å². The molecule has 0 unspecified atom stereocenters. The summed E-state index contributed by atoms with van der Waals surface area (Å²) in [4.78, 5) is 0. The third kappa shape index (κ3) is 6.30. The largest absolute Gasteiger partial charge is 1.00 e. The number of hydrogen-bond donors (Lipinski definition) is 0. The predicted octanol–water partition coefficient (Wildman–Crippen LogP) is -3.00. The Balaban J connectivity index is 0. The van der Waals surface area contributed by atoms with Crippen LogP contribution in [-0.4, -0.2) is 15.4 Å². The molecule has 5 heteroatoms. The molecule has 0 amide bonds. The topological polar surface area (TPSA) is 9.23 Å². The van der Waals surface area contributed by atoms with E-state index in [9.17, 15) is 0 Å². The average molecular weight is 300 g/mol. The Hall–Kier alpha value is 0.951. The fraction of sp³-hybridized carbons (Fsp3) is 0.600. The van der Waals surface area contributed by atoms with E-state index in [0.29, 0.717) is 0 Å². The Kier molecular flexibility index (Phi) is 9.90. The normalized spacial score (nSPS) is 15.0. The van der Waals surface area contributed by atoms with Gasteiger partial charge in [0.25, 0.3) is 0 Å². The molecule has 1 nitrogen and oxygen atoms in total. The summed E-state index contributed by atoms with van der Waals surface area (Å²) in [6.45, 7) is 4.56. The maximum absolute atomic E-state index is 5.52. The molecule has 1 rings (SSSR count). The molecule has 0 saturated carbocycles. The minimum atomic E-state index is -1.34. The summed E-state index contributed by atoms with van der Waals surface area (Å²) in [5.41, 5.74) is 1.54. The maximum atomic E-state index is 5.52. The molecule has 0 radical (unpaired) electrons. The van der Waals surface area contributed by atoms with Gasteiger partial charge >= 0.3 is 93.9 Å². The minimum absolute atomic E-state index is 0. The fourth-order valence-corrected chi connectivity index (χ4v) is 2.91. The van der Waals surface area contributed by atoms with Crippen LogP contribution in [0.4, 0.5) is 0 Å². The molecule has 0 aromatic heterocycles. The molecule has 0 spiro atoms. The summed E-state index contributed by atoms with van der Waals surface area (Å²) in [5.74, 6) is 0. The van der Waals surface area contributed by atoms with Gasteiger partial charge in [0.1, 0.15) is 0 Å². The van der Waals surface area contributed by atoms with E-state index < -0.39 is 8.32 Å². The van der Waals surface area contributed by atoms with E-state index >= 15 is 0 Å². The molecule has 85 valence electrons. The molecule has 0 atom stereocenters. The van der Waals surface area contributed by atoms with Gasteiger partial charge < -0.3 is 24.8 Å². The van der Waals surface area contributed by atoms with E-state index in [1.165, 1.54) is 18.0 Å². The summed E-state index contributed by atoms with van der Waals surface area (Å²) < 4.78 is 7.07. The van der Waals surface area contributed by atoms with Gasteiger partial charge in [-0.3, -0.25) is 0 Å². The number of allylic oxidation sites excluding steroid dienone is 4. The van der Waals surface area contributed by atoms with Gasteiger partial charge in [0, 0.05) is 0 Å². The molecule has 0 N–H and O–H groups in total. The molecule has 0 bridgehead atoms. The van der Waals surface area contributed by atoms with Crippen LogP contribution in [0.1, 0.15) is 12.8 Å². The van der Waals surface area contributed by atoms with Crippen molar-refractivity contribution >= 4 is 8.32 Å². The van der Waals surface area contributed by atoms with Gasteiger partial charge in [-0.1, -0.05) is 0 Å². The second kappa shape index (κ2) is 8.10. The molecule has 0 saturated heterocycles. The van der Waals surface area contributed by atoms with E-state index in [2.05, 4.69) is 45.7 Å².